The van der Waals surface area contributed by atoms with Crippen LogP contribution in [0.5, 0.6) is 0 Å². The molecule has 216 valence electrons. The summed E-state index contributed by atoms with van der Waals surface area (Å²) in [5.74, 6) is 1.60. The highest BCUT2D eigenvalue weighted by Gasteiger charge is 2.20. The largest absolute Gasteiger partial charge is 0.334 e. The number of anilines is 2. The monoisotopic (exact) mass is 589 g/mol. The molecule has 0 aliphatic carbocycles. The predicted octanol–water partition coefficient (Wildman–Crippen LogP) is 5.31. The summed E-state index contributed by atoms with van der Waals surface area (Å²) in [4.78, 5) is 39.2. The Balaban J connectivity index is 1.27. The van der Waals surface area contributed by atoms with Crippen LogP contribution in [0.4, 0.5) is 11.6 Å². The summed E-state index contributed by atoms with van der Waals surface area (Å²) in [5.41, 5.74) is 4.90. The number of piperidine rings is 1. The molecule has 7 rings (SSSR count). The van der Waals surface area contributed by atoms with E-state index < -0.39 is 0 Å². The summed E-state index contributed by atoms with van der Waals surface area (Å²) in [6.45, 7) is 2.54. The molecule has 1 fully saturated rings. The van der Waals surface area contributed by atoms with Crippen molar-refractivity contribution in [2.24, 2.45) is 7.05 Å². The maximum absolute atomic E-state index is 14.1. The second-order valence-corrected chi connectivity index (χ2v) is 11.9. The van der Waals surface area contributed by atoms with Gasteiger partial charge in [-0.25, -0.2) is 15.0 Å². The molecule has 0 unspecified atom stereocenters. The number of nitrogens with one attached hydrogen (secondary N) is 1. The zero-order chi connectivity index (χ0) is 29.3. The maximum Gasteiger partial charge on any atom is 0.263 e. The molecule has 43 heavy (non-hydrogen) atoms. The van der Waals surface area contributed by atoms with Gasteiger partial charge in [0.1, 0.15) is 16.5 Å². The highest BCUT2D eigenvalue weighted by atomic mass is 32.1. The minimum absolute atomic E-state index is 0.184. The minimum atomic E-state index is -0.184. The molecule has 5 aromatic heterocycles. The molecular weight excluding hydrogens is 558 g/mol. The third-order valence-electron chi connectivity index (χ3n) is 8.15. The van der Waals surface area contributed by atoms with E-state index in [0.29, 0.717) is 28.9 Å². The zero-order valence-electron chi connectivity index (χ0n) is 24.0. The van der Waals surface area contributed by atoms with E-state index in [0.717, 1.165) is 40.3 Å². The van der Waals surface area contributed by atoms with E-state index in [-0.39, 0.29) is 12.1 Å². The summed E-state index contributed by atoms with van der Waals surface area (Å²) in [6.07, 6.45) is 12.9. The van der Waals surface area contributed by atoms with Crippen LogP contribution in [0.3, 0.4) is 0 Å². The third-order valence-corrected chi connectivity index (χ3v) is 8.95. The van der Waals surface area contributed by atoms with Crippen molar-refractivity contribution in [3.63, 3.8) is 0 Å². The topological polar surface area (TPSA) is 107 Å². The fraction of sp³-hybridized carbons (Fsp3) is 0.250. The van der Waals surface area contributed by atoms with Gasteiger partial charge in [-0.15, -0.1) is 11.3 Å². The van der Waals surface area contributed by atoms with E-state index in [1.165, 1.54) is 29.7 Å². The number of pyridine rings is 2. The Morgan fingerprint density at radius 1 is 0.953 bits per heavy atom. The van der Waals surface area contributed by atoms with Crippen molar-refractivity contribution in [3.05, 3.63) is 100 Å². The van der Waals surface area contributed by atoms with Crippen molar-refractivity contribution in [1.82, 2.24) is 39.0 Å². The first-order valence-electron chi connectivity index (χ1n) is 14.3. The molecule has 1 aliphatic heterocycles. The Hall–Kier alpha value is -4.74. The highest BCUT2D eigenvalue weighted by molar-refractivity contribution is 7.13. The van der Waals surface area contributed by atoms with Crippen molar-refractivity contribution in [1.29, 1.82) is 0 Å². The number of thiazole rings is 1. The van der Waals surface area contributed by atoms with E-state index in [2.05, 4.69) is 61.5 Å². The van der Waals surface area contributed by atoms with Crippen molar-refractivity contribution in [3.8, 4) is 22.0 Å². The lowest BCUT2D eigenvalue weighted by molar-refractivity contribution is 0.255. The smallest absolute Gasteiger partial charge is 0.263 e. The molecule has 0 radical (unpaired) electrons. The second kappa shape index (κ2) is 11.5. The van der Waals surface area contributed by atoms with Gasteiger partial charge >= 0.3 is 0 Å². The Bertz CT molecular complexity index is 1940. The molecule has 6 aromatic rings. The van der Waals surface area contributed by atoms with E-state index in [1.807, 2.05) is 35.3 Å². The lowest BCUT2D eigenvalue weighted by Crippen LogP contribution is -2.29. The summed E-state index contributed by atoms with van der Waals surface area (Å²) in [7, 11) is 4.06. The number of aryl methyl sites for hydroxylation is 1. The van der Waals surface area contributed by atoms with Crippen LogP contribution < -0.4 is 10.9 Å². The standard InChI is InChI=1S/C32H31N9OS/c1-39-13-8-22(9-14-39)21-3-5-25(6-4-21)37-32-36-18-24-17-26(29-34-11-15-40(29)2)31(42)41(28(24)38-32)20-23-7-10-33-19-27(23)30-35-12-16-43-30/h3-7,10-12,15-19,22H,8-9,13-14,20H2,1-2H3,(H,36,37,38). The van der Waals surface area contributed by atoms with Crippen LogP contribution in [0, 0.1) is 0 Å². The van der Waals surface area contributed by atoms with Crippen LogP contribution >= 0.6 is 11.3 Å². The Kier molecular flexibility index (Phi) is 7.25. The van der Waals surface area contributed by atoms with Gasteiger partial charge in [0, 0.05) is 66.2 Å². The summed E-state index contributed by atoms with van der Waals surface area (Å²) in [5, 5.41) is 6.87. The van der Waals surface area contributed by atoms with E-state index in [1.54, 1.807) is 35.6 Å². The molecule has 1 aliphatic rings. The molecule has 10 nitrogen and oxygen atoms in total. The number of likely N-dealkylation sites (tertiary alicyclic amines) is 1. The van der Waals surface area contributed by atoms with Gasteiger partial charge in [-0.05, 0) is 74.3 Å². The quantitative estimate of drug-likeness (QED) is 0.267. The number of benzene rings is 1. The molecule has 0 saturated carbocycles. The van der Waals surface area contributed by atoms with Gasteiger partial charge in [0.05, 0.1) is 12.1 Å². The summed E-state index contributed by atoms with van der Waals surface area (Å²) >= 11 is 1.54. The van der Waals surface area contributed by atoms with Crippen molar-refractivity contribution >= 4 is 34.0 Å². The molecule has 11 heteroatoms. The highest BCUT2D eigenvalue weighted by Crippen LogP contribution is 2.30. The number of hydrogen-bond donors (Lipinski definition) is 1. The Morgan fingerprint density at radius 3 is 2.53 bits per heavy atom. The number of fused-ring (bicyclic) bond motifs is 1. The first-order chi connectivity index (χ1) is 21.0. The Morgan fingerprint density at radius 2 is 1.79 bits per heavy atom. The van der Waals surface area contributed by atoms with Crippen LogP contribution in [0.25, 0.3) is 33.0 Å². The van der Waals surface area contributed by atoms with Gasteiger partial charge in [0.25, 0.3) is 5.56 Å². The fourth-order valence-corrected chi connectivity index (χ4v) is 6.42. The molecular formula is C32H31N9OS. The van der Waals surface area contributed by atoms with E-state index in [4.69, 9.17) is 4.98 Å². The van der Waals surface area contributed by atoms with E-state index >= 15 is 0 Å². The van der Waals surface area contributed by atoms with Crippen molar-refractivity contribution in [2.45, 2.75) is 25.3 Å². The van der Waals surface area contributed by atoms with Gasteiger partial charge in [-0.3, -0.25) is 14.3 Å². The first-order valence-corrected chi connectivity index (χ1v) is 15.2. The number of rotatable bonds is 7. The number of hydrogen-bond acceptors (Lipinski definition) is 9. The lowest BCUT2D eigenvalue weighted by atomic mass is 9.89. The second-order valence-electron chi connectivity index (χ2n) is 11.0. The first kappa shape index (κ1) is 27.1. The van der Waals surface area contributed by atoms with Crippen LogP contribution in [0.1, 0.15) is 29.9 Å². The Labute approximate surface area is 252 Å². The SMILES string of the molecule is CN1CCC(c2ccc(Nc3ncc4cc(-c5nccn5C)c(=O)n(Cc5ccncc5-c5nccs5)c4n3)cc2)CC1. The van der Waals surface area contributed by atoms with Gasteiger partial charge in [-0.2, -0.15) is 4.98 Å². The van der Waals surface area contributed by atoms with Gasteiger partial charge in [-0.1, -0.05) is 12.1 Å². The fourth-order valence-electron chi connectivity index (χ4n) is 5.74. The van der Waals surface area contributed by atoms with Crippen LogP contribution in [0.2, 0.25) is 0 Å². The minimum Gasteiger partial charge on any atom is -0.334 e. The van der Waals surface area contributed by atoms with Crippen LogP contribution in [0.15, 0.2) is 83.8 Å². The average Bonchev–Trinajstić information content (AvgIpc) is 3.72. The number of aromatic nitrogens is 7. The van der Waals surface area contributed by atoms with E-state index in [9.17, 15) is 4.79 Å². The average molecular weight is 590 g/mol. The predicted molar refractivity (Wildman–Crippen MR) is 170 cm³/mol. The zero-order valence-corrected chi connectivity index (χ0v) is 24.8. The molecule has 0 amide bonds. The lowest BCUT2D eigenvalue weighted by Gasteiger charge is -2.29. The maximum atomic E-state index is 14.1. The van der Waals surface area contributed by atoms with Crippen molar-refractivity contribution < 1.29 is 0 Å². The molecule has 1 saturated heterocycles. The van der Waals surface area contributed by atoms with Gasteiger partial charge < -0.3 is 14.8 Å². The number of imidazole rings is 1. The van der Waals surface area contributed by atoms with Gasteiger partial charge in [0.2, 0.25) is 5.95 Å². The molecule has 1 aromatic carbocycles. The molecule has 0 atom stereocenters. The third kappa shape index (κ3) is 5.44. The number of nitrogens with zero attached hydrogens (tertiary/aromatic N) is 8. The molecule has 0 spiro atoms. The molecule has 0 bridgehead atoms. The van der Waals surface area contributed by atoms with Crippen molar-refractivity contribution in [2.75, 3.05) is 25.5 Å². The summed E-state index contributed by atoms with van der Waals surface area (Å²) in [6, 6.07) is 12.3. The molecule has 6 heterocycles. The van der Waals surface area contributed by atoms with Crippen LogP contribution in [-0.2, 0) is 13.6 Å². The normalized spacial score (nSPS) is 14.4. The molecule has 1 N–H and O–H groups in total. The van der Waals surface area contributed by atoms with Gasteiger partial charge in [0.15, 0.2) is 0 Å². The summed E-state index contributed by atoms with van der Waals surface area (Å²) < 4.78 is 3.54. The van der Waals surface area contributed by atoms with Crippen LogP contribution in [-0.4, -0.2) is 59.1 Å².